The molecule has 0 fully saturated rings. The molecule has 2 aromatic heterocycles. The predicted molar refractivity (Wildman–Crippen MR) is 94.3 cm³/mol. The Labute approximate surface area is 143 Å². The molecule has 0 bridgehead atoms. The molecule has 6 heteroatoms. The number of aromatic nitrogens is 5. The lowest BCUT2D eigenvalue weighted by Gasteiger charge is -2.03. The van der Waals surface area contributed by atoms with Crippen molar-refractivity contribution in [2.24, 2.45) is 0 Å². The number of halogens is 1. The average Bonchev–Trinajstić information content (AvgIpc) is 3.01. The standard InChI is InChI=1S/C18H14ClN5/c1-2-15-16-18(24(23-15)14-10-8-13(19)9-11-14)22-21-17(20-16)12-6-4-3-5-7-12/h3-11H,2H2,1H3. The minimum atomic E-state index is 0.605. The fourth-order valence-corrected chi connectivity index (χ4v) is 2.71. The van der Waals surface area contributed by atoms with E-state index in [1.54, 1.807) is 4.68 Å². The van der Waals surface area contributed by atoms with Crippen LogP contribution >= 0.6 is 11.6 Å². The van der Waals surface area contributed by atoms with Crippen LogP contribution in [0, 0.1) is 0 Å². The van der Waals surface area contributed by atoms with E-state index in [0.29, 0.717) is 16.5 Å². The van der Waals surface area contributed by atoms with E-state index < -0.39 is 0 Å². The molecule has 0 radical (unpaired) electrons. The Hall–Kier alpha value is -2.79. The van der Waals surface area contributed by atoms with Gasteiger partial charge in [0.15, 0.2) is 5.82 Å². The van der Waals surface area contributed by atoms with Gasteiger partial charge in [-0.1, -0.05) is 48.9 Å². The van der Waals surface area contributed by atoms with Gasteiger partial charge in [-0.15, -0.1) is 10.2 Å². The molecule has 0 amide bonds. The first-order valence-corrected chi connectivity index (χ1v) is 8.07. The molecule has 2 heterocycles. The van der Waals surface area contributed by atoms with Crippen LogP contribution < -0.4 is 0 Å². The van der Waals surface area contributed by atoms with E-state index in [-0.39, 0.29) is 0 Å². The Kier molecular flexibility index (Phi) is 3.70. The SMILES string of the molecule is CCc1nn(-c2ccc(Cl)cc2)c2nnc(-c3ccccc3)nc12. The molecule has 0 aliphatic rings. The van der Waals surface area contributed by atoms with Gasteiger partial charge >= 0.3 is 0 Å². The molecule has 24 heavy (non-hydrogen) atoms. The molecule has 4 rings (SSSR count). The minimum Gasteiger partial charge on any atom is -0.221 e. The summed E-state index contributed by atoms with van der Waals surface area (Å²) in [5.74, 6) is 0.605. The summed E-state index contributed by atoms with van der Waals surface area (Å²) < 4.78 is 1.76. The quantitative estimate of drug-likeness (QED) is 0.565. The van der Waals surface area contributed by atoms with Crippen molar-refractivity contribution in [3.05, 3.63) is 65.3 Å². The van der Waals surface area contributed by atoms with Gasteiger partial charge in [0.25, 0.3) is 0 Å². The van der Waals surface area contributed by atoms with Crippen molar-refractivity contribution >= 4 is 22.8 Å². The Bertz CT molecular complexity index is 993. The van der Waals surface area contributed by atoms with E-state index in [4.69, 9.17) is 16.6 Å². The smallest absolute Gasteiger partial charge is 0.204 e. The summed E-state index contributed by atoms with van der Waals surface area (Å²) in [5.41, 5.74) is 4.14. The fourth-order valence-electron chi connectivity index (χ4n) is 2.58. The predicted octanol–water partition coefficient (Wildman–Crippen LogP) is 4.09. The van der Waals surface area contributed by atoms with Gasteiger partial charge in [-0.2, -0.15) is 5.10 Å². The van der Waals surface area contributed by atoms with Crippen molar-refractivity contribution in [1.29, 1.82) is 0 Å². The van der Waals surface area contributed by atoms with Gasteiger partial charge < -0.3 is 0 Å². The summed E-state index contributed by atoms with van der Waals surface area (Å²) >= 11 is 5.97. The van der Waals surface area contributed by atoms with Crippen LogP contribution in [0.15, 0.2) is 54.6 Å². The Morgan fingerprint density at radius 1 is 0.958 bits per heavy atom. The van der Waals surface area contributed by atoms with Gasteiger partial charge in [0.2, 0.25) is 5.65 Å². The second kappa shape index (κ2) is 6.02. The Morgan fingerprint density at radius 2 is 1.71 bits per heavy atom. The van der Waals surface area contributed by atoms with E-state index >= 15 is 0 Å². The first-order valence-electron chi connectivity index (χ1n) is 7.70. The molecule has 5 nitrogen and oxygen atoms in total. The van der Waals surface area contributed by atoms with Crippen LogP contribution in [0.5, 0.6) is 0 Å². The van der Waals surface area contributed by atoms with Crippen LogP contribution in [0.2, 0.25) is 5.02 Å². The number of aryl methyl sites for hydroxylation is 1. The van der Waals surface area contributed by atoms with Crippen molar-refractivity contribution in [3.8, 4) is 17.1 Å². The molecule has 0 unspecified atom stereocenters. The molecular weight excluding hydrogens is 322 g/mol. The van der Waals surface area contributed by atoms with E-state index in [1.165, 1.54) is 0 Å². The maximum atomic E-state index is 5.97. The molecule has 0 N–H and O–H groups in total. The molecule has 0 spiro atoms. The van der Waals surface area contributed by atoms with Crippen molar-refractivity contribution < 1.29 is 0 Å². The second-order valence-electron chi connectivity index (χ2n) is 5.36. The molecule has 4 aromatic rings. The number of benzene rings is 2. The Morgan fingerprint density at radius 3 is 2.42 bits per heavy atom. The van der Waals surface area contributed by atoms with E-state index in [9.17, 15) is 0 Å². The molecule has 0 aliphatic heterocycles. The monoisotopic (exact) mass is 335 g/mol. The molecule has 118 valence electrons. The topological polar surface area (TPSA) is 56.5 Å². The third kappa shape index (κ3) is 2.53. The molecular formula is C18H14ClN5. The summed E-state index contributed by atoms with van der Waals surface area (Å²) in [7, 11) is 0. The first kappa shape index (κ1) is 14.8. The van der Waals surface area contributed by atoms with Crippen LogP contribution in [0.1, 0.15) is 12.6 Å². The molecule has 2 aromatic carbocycles. The molecule has 0 atom stereocenters. The van der Waals surface area contributed by atoms with E-state index in [2.05, 4.69) is 22.2 Å². The Balaban J connectivity index is 1.90. The van der Waals surface area contributed by atoms with E-state index in [1.807, 2.05) is 54.6 Å². The second-order valence-corrected chi connectivity index (χ2v) is 5.80. The van der Waals surface area contributed by atoms with Crippen molar-refractivity contribution in [2.45, 2.75) is 13.3 Å². The van der Waals surface area contributed by atoms with Gasteiger partial charge in [-0.05, 0) is 30.7 Å². The number of rotatable bonds is 3. The zero-order chi connectivity index (χ0) is 16.5. The zero-order valence-corrected chi connectivity index (χ0v) is 13.8. The first-order chi connectivity index (χ1) is 11.8. The van der Waals surface area contributed by atoms with Crippen molar-refractivity contribution in [1.82, 2.24) is 25.0 Å². The highest BCUT2D eigenvalue weighted by Crippen LogP contribution is 2.22. The zero-order valence-electron chi connectivity index (χ0n) is 13.0. The third-order valence-electron chi connectivity index (χ3n) is 3.80. The summed E-state index contributed by atoms with van der Waals surface area (Å²) in [6.07, 6.45) is 0.768. The lowest BCUT2D eigenvalue weighted by molar-refractivity contribution is 0.845. The van der Waals surface area contributed by atoms with Crippen LogP contribution in [0.3, 0.4) is 0 Å². The summed E-state index contributed by atoms with van der Waals surface area (Å²) in [6.45, 7) is 2.05. The van der Waals surface area contributed by atoms with Gasteiger partial charge in [0.1, 0.15) is 5.52 Å². The lowest BCUT2D eigenvalue weighted by Crippen LogP contribution is -2.00. The normalized spacial score (nSPS) is 11.1. The van der Waals surface area contributed by atoms with Crippen LogP contribution in [0.4, 0.5) is 0 Å². The van der Waals surface area contributed by atoms with Gasteiger partial charge in [-0.25, -0.2) is 9.67 Å². The largest absolute Gasteiger partial charge is 0.221 e. The molecule has 0 aliphatic carbocycles. The average molecular weight is 336 g/mol. The van der Waals surface area contributed by atoms with Gasteiger partial charge in [0, 0.05) is 10.6 Å². The molecule has 0 saturated carbocycles. The highest BCUT2D eigenvalue weighted by Gasteiger charge is 2.15. The third-order valence-corrected chi connectivity index (χ3v) is 4.05. The highest BCUT2D eigenvalue weighted by atomic mass is 35.5. The van der Waals surface area contributed by atoms with Gasteiger partial charge in [-0.3, -0.25) is 0 Å². The number of hydrogen-bond acceptors (Lipinski definition) is 4. The fraction of sp³-hybridized carbons (Fsp3) is 0.111. The number of fused-ring (bicyclic) bond motifs is 1. The summed E-state index contributed by atoms with van der Waals surface area (Å²) in [6, 6.07) is 17.3. The maximum absolute atomic E-state index is 5.97. The summed E-state index contributed by atoms with van der Waals surface area (Å²) in [4.78, 5) is 4.70. The minimum absolute atomic E-state index is 0.605. The molecule has 0 saturated heterocycles. The van der Waals surface area contributed by atoms with Crippen LogP contribution in [-0.2, 0) is 6.42 Å². The van der Waals surface area contributed by atoms with Crippen molar-refractivity contribution in [2.75, 3.05) is 0 Å². The maximum Gasteiger partial charge on any atom is 0.204 e. The van der Waals surface area contributed by atoms with E-state index in [0.717, 1.165) is 28.9 Å². The highest BCUT2D eigenvalue weighted by molar-refractivity contribution is 6.30. The lowest BCUT2D eigenvalue weighted by atomic mass is 10.2. The summed E-state index contributed by atoms with van der Waals surface area (Å²) in [5, 5.41) is 14.0. The number of hydrogen-bond donors (Lipinski definition) is 0. The van der Waals surface area contributed by atoms with Crippen LogP contribution in [-0.4, -0.2) is 25.0 Å². The van der Waals surface area contributed by atoms with Crippen molar-refractivity contribution in [3.63, 3.8) is 0 Å². The van der Waals surface area contributed by atoms with Gasteiger partial charge in [0.05, 0.1) is 11.4 Å². The number of nitrogens with zero attached hydrogens (tertiary/aromatic N) is 5. The van der Waals surface area contributed by atoms with Crippen LogP contribution in [0.25, 0.3) is 28.2 Å².